The Morgan fingerprint density at radius 1 is 0.881 bits per heavy atom. The predicted molar refractivity (Wildman–Crippen MR) is 156 cm³/mol. The van der Waals surface area contributed by atoms with Gasteiger partial charge in [0.15, 0.2) is 28.8 Å². The molecule has 216 valence electrons. The summed E-state index contributed by atoms with van der Waals surface area (Å²) in [5.41, 5.74) is -0.346. The monoisotopic (exact) mass is 569 g/mol. The lowest BCUT2D eigenvalue weighted by molar-refractivity contribution is -0.127. The van der Waals surface area contributed by atoms with Crippen molar-refractivity contribution < 1.29 is 33.0 Å². The zero-order valence-electron chi connectivity index (χ0n) is 24.4. The Balaban J connectivity index is 1.75. The largest absolute Gasteiger partial charge is 0.493 e. The maximum atomic E-state index is 14.8. The van der Waals surface area contributed by atoms with Crippen molar-refractivity contribution in [2.24, 2.45) is 10.8 Å². The first kappa shape index (κ1) is 27.7. The molecule has 3 aromatic rings. The van der Waals surface area contributed by atoms with Crippen molar-refractivity contribution in [3.63, 3.8) is 0 Å². The Hall–Kier alpha value is -4.46. The van der Waals surface area contributed by atoms with Crippen molar-refractivity contribution in [3.05, 3.63) is 88.7 Å². The molecule has 2 aliphatic heterocycles. The quantitative estimate of drug-likeness (QED) is 0.354. The highest BCUT2D eigenvalue weighted by atomic mass is 19.1. The first-order valence-electron chi connectivity index (χ1n) is 13.8. The third kappa shape index (κ3) is 3.53. The summed E-state index contributed by atoms with van der Waals surface area (Å²) in [6, 6.07) is 12.7. The molecule has 3 aromatic carbocycles. The Morgan fingerprint density at radius 3 is 2.10 bits per heavy atom. The second-order valence-electron chi connectivity index (χ2n) is 11.9. The SMILES string of the molecule is COc1ccc([C@H]2[C@H](C(=O)C(C)(C)C)N3c4ccc(F)cc4C=CC3C23C(=O)c2ccccc2C3=O)c(OC)c1OC. The van der Waals surface area contributed by atoms with Gasteiger partial charge in [0, 0.05) is 39.3 Å². The Morgan fingerprint density at radius 2 is 1.52 bits per heavy atom. The second-order valence-corrected chi connectivity index (χ2v) is 11.9. The smallest absolute Gasteiger partial charge is 0.203 e. The number of halogens is 1. The number of methoxy groups -OCH3 is 3. The molecule has 0 amide bonds. The Labute approximate surface area is 243 Å². The first-order chi connectivity index (χ1) is 20.0. The van der Waals surface area contributed by atoms with Gasteiger partial charge in [0.25, 0.3) is 0 Å². The molecule has 42 heavy (non-hydrogen) atoms. The molecule has 1 saturated heterocycles. The van der Waals surface area contributed by atoms with Gasteiger partial charge in [0.2, 0.25) is 5.75 Å². The lowest BCUT2D eigenvalue weighted by Gasteiger charge is -2.38. The van der Waals surface area contributed by atoms with E-state index in [1.807, 2.05) is 25.7 Å². The molecular formula is C34H32FNO6. The van der Waals surface area contributed by atoms with Crippen molar-refractivity contribution >= 4 is 29.1 Å². The number of fused-ring (bicyclic) bond motifs is 5. The first-order valence-corrected chi connectivity index (χ1v) is 13.8. The fourth-order valence-corrected chi connectivity index (χ4v) is 7.10. The van der Waals surface area contributed by atoms with Gasteiger partial charge in [0.1, 0.15) is 11.2 Å². The molecule has 6 rings (SSSR count). The van der Waals surface area contributed by atoms with E-state index in [0.29, 0.717) is 33.7 Å². The summed E-state index contributed by atoms with van der Waals surface area (Å²) < 4.78 is 31.5. The number of benzene rings is 3. The number of nitrogens with zero attached hydrogens (tertiary/aromatic N) is 1. The van der Waals surface area contributed by atoms with Crippen molar-refractivity contribution in [1.82, 2.24) is 0 Å². The molecule has 1 fully saturated rings. The molecule has 3 aliphatic rings. The van der Waals surface area contributed by atoms with Gasteiger partial charge in [-0.25, -0.2) is 4.39 Å². The average Bonchev–Trinajstić information content (AvgIpc) is 3.40. The van der Waals surface area contributed by atoms with E-state index >= 15 is 0 Å². The molecular weight excluding hydrogens is 537 g/mol. The van der Waals surface area contributed by atoms with Gasteiger partial charge in [-0.2, -0.15) is 0 Å². The number of ether oxygens (including phenoxy) is 3. The normalized spacial score (nSPS) is 21.7. The maximum Gasteiger partial charge on any atom is 0.203 e. The molecule has 2 heterocycles. The van der Waals surface area contributed by atoms with Gasteiger partial charge in [-0.15, -0.1) is 0 Å². The molecule has 3 atom stereocenters. The lowest BCUT2D eigenvalue weighted by atomic mass is 9.63. The number of hydrogen-bond donors (Lipinski definition) is 0. The highest BCUT2D eigenvalue weighted by molar-refractivity contribution is 6.32. The molecule has 7 nitrogen and oxygen atoms in total. The van der Waals surface area contributed by atoms with Gasteiger partial charge in [0.05, 0.1) is 33.4 Å². The number of hydrogen-bond acceptors (Lipinski definition) is 7. The molecule has 0 N–H and O–H groups in total. The molecule has 1 aliphatic carbocycles. The number of Topliss-reactive ketones (excluding diaryl/α,β-unsaturated/α-hetero) is 3. The van der Waals surface area contributed by atoms with Crippen molar-refractivity contribution in [2.75, 3.05) is 26.2 Å². The van der Waals surface area contributed by atoms with E-state index < -0.39 is 34.6 Å². The van der Waals surface area contributed by atoms with Gasteiger partial charge in [-0.3, -0.25) is 14.4 Å². The van der Waals surface area contributed by atoms with Crippen LogP contribution in [0.4, 0.5) is 10.1 Å². The zero-order valence-corrected chi connectivity index (χ0v) is 24.4. The summed E-state index contributed by atoms with van der Waals surface area (Å²) in [5.74, 6) is -1.36. The number of anilines is 1. The number of ketones is 3. The van der Waals surface area contributed by atoms with Crippen molar-refractivity contribution in [2.45, 2.75) is 38.8 Å². The predicted octanol–water partition coefficient (Wildman–Crippen LogP) is 5.90. The van der Waals surface area contributed by atoms with E-state index in [-0.39, 0.29) is 28.8 Å². The van der Waals surface area contributed by atoms with Crippen LogP contribution in [-0.4, -0.2) is 50.8 Å². The van der Waals surface area contributed by atoms with Gasteiger partial charge >= 0.3 is 0 Å². The van der Waals surface area contributed by atoms with Gasteiger partial charge in [-0.05, 0) is 24.3 Å². The minimum absolute atomic E-state index is 0.173. The van der Waals surface area contributed by atoms with E-state index in [2.05, 4.69) is 0 Å². The maximum absolute atomic E-state index is 14.8. The molecule has 8 heteroatoms. The van der Waals surface area contributed by atoms with E-state index in [1.54, 1.807) is 54.6 Å². The summed E-state index contributed by atoms with van der Waals surface area (Å²) in [6.45, 7) is 5.45. The summed E-state index contributed by atoms with van der Waals surface area (Å²) >= 11 is 0. The van der Waals surface area contributed by atoms with E-state index in [0.717, 1.165) is 0 Å². The Kier molecular flexibility index (Phi) is 6.29. The standard InChI is InChI=1S/C34H32FNO6/c1-33(2,3)32(39)27-26(22-13-15-24(40-4)29(42-6)28(22)41-5)34(30(37)20-9-7-8-10-21(20)31(34)38)25-16-11-18-17-19(35)12-14-23(18)36(25)27/h7-17,25-27H,1-6H3/t25?,26-,27+/m0/s1. The van der Waals surface area contributed by atoms with Crippen LogP contribution in [0.5, 0.6) is 17.2 Å². The van der Waals surface area contributed by atoms with Crippen LogP contribution in [0.3, 0.4) is 0 Å². The molecule has 0 saturated carbocycles. The third-order valence-electron chi connectivity index (χ3n) is 8.84. The fraction of sp³-hybridized carbons (Fsp3) is 0.324. The molecule has 1 unspecified atom stereocenters. The average molecular weight is 570 g/mol. The molecule has 0 aromatic heterocycles. The minimum Gasteiger partial charge on any atom is -0.493 e. The number of carbonyl (C=O) groups excluding carboxylic acids is 3. The van der Waals surface area contributed by atoms with Crippen molar-refractivity contribution in [3.8, 4) is 17.2 Å². The Bertz CT molecular complexity index is 1650. The molecule has 1 spiro atoms. The van der Waals surface area contributed by atoms with Crippen molar-refractivity contribution in [1.29, 1.82) is 0 Å². The van der Waals surface area contributed by atoms with Gasteiger partial charge in [-0.1, -0.05) is 63.3 Å². The van der Waals surface area contributed by atoms with Crippen LogP contribution in [0.25, 0.3) is 6.08 Å². The highest BCUT2D eigenvalue weighted by Crippen LogP contribution is 2.63. The molecule has 0 bridgehead atoms. The third-order valence-corrected chi connectivity index (χ3v) is 8.84. The van der Waals surface area contributed by atoms with Crippen LogP contribution < -0.4 is 19.1 Å². The number of rotatable bonds is 5. The van der Waals surface area contributed by atoms with E-state index in [4.69, 9.17) is 14.2 Å². The van der Waals surface area contributed by atoms with E-state index in [9.17, 15) is 18.8 Å². The highest BCUT2D eigenvalue weighted by Gasteiger charge is 2.72. The zero-order chi connectivity index (χ0) is 30.1. The van der Waals surface area contributed by atoms with Crippen LogP contribution in [0.15, 0.2) is 60.7 Å². The summed E-state index contributed by atoms with van der Waals surface area (Å²) in [7, 11) is 4.45. The number of carbonyl (C=O) groups is 3. The summed E-state index contributed by atoms with van der Waals surface area (Å²) in [5, 5.41) is 0. The van der Waals surface area contributed by atoms with Crippen LogP contribution in [-0.2, 0) is 4.79 Å². The lowest BCUT2D eigenvalue weighted by Crippen LogP contribution is -2.49. The van der Waals surface area contributed by atoms with Gasteiger partial charge < -0.3 is 19.1 Å². The summed E-state index contributed by atoms with van der Waals surface area (Å²) in [4.78, 5) is 46.0. The van der Waals surface area contributed by atoms with Crippen LogP contribution in [0, 0.1) is 16.6 Å². The molecule has 0 radical (unpaired) electrons. The summed E-state index contributed by atoms with van der Waals surface area (Å²) in [6.07, 6.45) is 3.50. The van der Waals surface area contributed by atoms with Crippen LogP contribution >= 0.6 is 0 Å². The van der Waals surface area contributed by atoms with E-state index in [1.165, 1.54) is 33.5 Å². The minimum atomic E-state index is -1.72. The topological polar surface area (TPSA) is 82.1 Å². The van der Waals surface area contributed by atoms with Crippen LogP contribution in [0.2, 0.25) is 0 Å². The van der Waals surface area contributed by atoms with Crippen LogP contribution in [0.1, 0.15) is 58.5 Å². The second kappa shape index (κ2) is 9.54. The fourth-order valence-electron chi connectivity index (χ4n) is 7.10.